The van der Waals surface area contributed by atoms with Gasteiger partial charge in [-0.3, -0.25) is 4.79 Å². The van der Waals surface area contributed by atoms with Crippen LogP contribution in [0, 0.1) is 6.92 Å². The minimum absolute atomic E-state index is 0.0565. The number of aromatic nitrogens is 2. The average Bonchev–Trinajstić information content (AvgIpc) is 3.22. The van der Waals surface area contributed by atoms with E-state index in [0.29, 0.717) is 17.1 Å². The molecule has 2 aromatic carbocycles. The van der Waals surface area contributed by atoms with Crippen molar-refractivity contribution in [1.29, 1.82) is 0 Å². The van der Waals surface area contributed by atoms with Crippen molar-refractivity contribution in [1.82, 2.24) is 14.5 Å². The van der Waals surface area contributed by atoms with Gasteiger partial charge in [-0.15, -0.1) is 0 Å². The van der Waals surface area contributed by atoms with Crippen molar-refractivity contribution in [2.75, 3.05) is 13.1 Å². The zero-order valence-electron chi connectivity index (χ0n) is 15.5. The molecule has 1 fully saturated rings. The fourth-order valence-electron chi connectivity index (χ4n) is 3.89. The molecule has 1 saturated heterocycles. The number of amides is 1. The van der Waals surface area contributed by atoms with Gasteiger partial charge < -0.3 is 15.2 Å². The molecule has 4 rings (SSSR count). The van der Waals surface area contributed by atoms with E-state index in [1.54, 1.807) is 0 Å². The lowest BCUT2D eigenvalue weighted by Crippen LogP contribution is -2.31. The van der Waals surface area contributed by atoms with Gasteiger partial charge in [-0.05, 0) is 56.2 Å². The van der Waals surface area contributed by atoms with Gasteiger partial charge in [0.15, 0.2) is 0 Å². The second-order valence-corrected chi connectivity index (χ2v) is 7.70. The van der Waals surface area contributed by atoms with Crippen LogP contribution in [0.5, 0.6) is 0 Å². The van der Waals surface area contributed by atoms with Gasteiger partial charge in [0.1, 0.15) is 5.82 Å². The van der Waals surface area contributed by atoms with Crippen LogP contribution in [0.2, 0.25) is 5.02 Å². The number of carbonyl (C=O) groups excluding carboxylic acids is 1. The first-order chi connectivity index (χ1) is 12.9. The molecule has 1 aliphatic heterocycles. The Morgan fingerprint density at radius 3 is 2.67 bits per heavy atom. The topological polar surface area (TPSA) is 64.2 Å². The predicted molar refractivity (Wildman–Crippen MR) is 108 cm³/mol. The minimum atomic E-state index is 0.0565. The molecular formula is C21H23ClN4O. The van der Waals surface area contributed by atoms with Gasteiger partial charge in [0, 0.05) is 29.7 Å². The van der Waals surface area contributed by atoms with Crippen molar-refractivity contribution in [3.63, 3.8) is 0 Å². The van der Waals surface area contributed by atoms with Crippen LogP contribution < -0.4 is 5.73 Å². The van der Waals surface area contributed by atoms with Crippen molar-refractivity contribution < 1.29 is 4.79 Å². The molecule has 0 unspecified atom stereocenters. The second kappa shape index (κ2) is 6.98. The first kappa shape index (κ1) is 18.0. The van der Waals surface area contributed by atoms with Crippen LogP contribution in [0.1, 0.15) is 41.1 Å². The van der Waals surface area contributed by atoms with Crippen LogP contribution in [0.4, 0.5) is 0 Å². The van der Waals surface area contributed by atoms with E-state index in [0.717, 1.165) is 35.4 Å². The van der Waals surface area contributed by atoms with Crippen LogP contribution >= 0.6 is 11.6 Å². The summed E-state index contributed by atoms with van der Waals surface area (Å²) in [6, 6.07) is 13.8. The molecule has 2 atom stereocenters. The van der Waals surface area contributed by atoms with Gasteiger partial charge >= 0.3 is 0 Å². The highest BCUT2D eigenvalue weighted by atomic mass is 35.5. The molecule has 27 heavy (non-hydrogen) atoms. The van der Waals surface area contributed by atoms with Crippen molar-refractivity contribution in [3.8, 4) is 0 Å². The number of imidazole rings is 1. The van der Waals surface area contributed by atoms with Gasteiger partial charge in [-0.1, -0.05) is 23.7 Å². The van der Waals surface area contributed by atoms with E-state index in [1.807, 2.05) is 54.3 Å². The summed E-state index contributed by atoms with van der Waals surface area (Å²) in [5.74, 6) is 0.993. The van der Waals surface area contributed by atoms with E-state index >= 15 is 0 Å². The molecule has 1 aromatic heterocycles. The summed E-state index contributed by atoms with van der Waals surface area (Å²) in [5.41, 5.74) is 9.70. The number of aryl methyl sites for hydroxylation is 1. The maximum atomic E-state index is 12.6. The Labute approximate surface area is 163 Å². The van der Waals surface area contributed by atoms with Crippen molar-refractivity contribution in [2.24, 2.45) is 5.73 Å². The SMILES string of the molecule is Cc1nc2cc(Cl)ccc2n1[C@H](C)c1ccc(C(=O)N2CC[C@H](N)C2)cc1. The third kappa shape index (κ3) is 3.33. The molecule has 1 aliphatic rings. The quantitative estimate of drug-likeness (QED) is 0.749. The van der Waals surface area contributed by atoms with E-state index < -0.39 is 0 Å². The highest BCUT2D eigenvalue weighted by molar-refractivity contribution is 6.31. The molecule has 0 bridgehead atoms. The fourth-order valence-corrected chi connectivity index (χ4v) is 4.06. The number of rotatable bonds is 3. The van der Waals surface area contributed by atoms with Crippen LogP contribution in [0.25, 0.3) is 11.0 Å². The molecule has 3 aromatic rings. The molecule has 5 nitrogen and oxygen atoms in total. The van der Waals surface area contributed by atoms with Gasteiger partial charge in [0.05, 0.1) is 17.1 Å². The van der Waals surface area contributed by atoms with E-state index in [9.17, 15) is 4.79 Å². The van der Waals surface area contributed by atoms with E-state index in [4.69, 9.17) is 17.3 Å². The normalized spacial score (nSPS) is 18.2. The number of hydrogen-bond acceptors (Lipinski definition) is 3. The van der Waals surface area contributed by atoms with Crippen molar-refractivity contribution >= 4 is 28.5 Å². The van der Waals surface area contributed by atoms with Gasteiger partial charge in [0.25, 0.3) is 5.91 Å². The number of likely N-dealkylation sites (tertiary alicyclic amines) is 1. The molecule has 0 radical (unpaired) electrons. The third-order valence-electron chi connectivity index (χ3n) is 5.37. The number of nitrogens with zero attached hydrogens (tertiary/aromatic N) is 3. The molecule has 0 saturated carbocycles. The van der Waals surface area contributed by atoms with Gasteiger partial charge in [0.2, 0.25) is 0 Å². The lowest BCUT2D eigenvalue weighted by atomic mass is 10.0. The molecule has 0 spiro atoms. The van der Waals surface area contributed by atoms with E-state index in [1.165, 1.54) is 0 Å². The van der Waals surface area contributed by atoms with Gasteiger partial charge in [-0.2, -0.15) is 0 Å². The van der Waals surface area contributed by atoms with E-state index in [-0.39, 0.29) is 18.0 Å². The second-order valence-electron chi connectivity index (χ2n) is 7.26. The Bertz CT molecular complexity index is 995. The number of benzene rings is 2. The lowest BCUT2D eigenvalue weighted by molar-refractivity contribution is 0.0791. The molecule has 2 heterocycles. The number of fused-ring (bicyclic) bond motifs is 1. The summed E-state index contributed by atoms with van der Waals surface area (Å²) in [7, 11) is 0. The first-order valence-electron chi connectivity index (χ1n) is 9.23. The number of hydrogen-bond donors (Lipinski definition) is 1. The van der Waals surface area contributed by atoms with Crippen LogP contribution in [0.15, 0.2) is 42.5 Å². The molecule has 6 heteroatoms. The lowest BCUT2D eigenvalue weighted by Gasteiger charge is -2.19. The number of nitrogens with two attached hydrogens (primary N) is 1. The Kier molecular flexibility index (Phi) is 4.66. The Morgan fingerprint density at radius 2 is 2.00 bits per heavy atom. The zero-order chi connectivity index (χ0) is 19.1. The maximum absolute atomic E-state index is 12.6. The van der Waals surface area contributed by atoms with Crippen LogP contribution in [0.3, 0.4) is 0 Å². The number of carbonyl (C=O) groups is 1. The summed E-state index contributed by atoms with van der Waals surface area (Å²) in [5, 5.41) is 0.685. The summed E-state index contributed by atoms with van der Waals surface area (Å²) < 4.78 is 2.20. The van der Waals surface area contributed by atoms with Crippen molar-refractivity contribution in [3.05, 3.63) is 64.4 Å². The zero-order valence-corrected chi connectivity index (χ0v) is 16.3. The average molecular weight is 383 g/mol. The summed E-state index contributed by atoms with van der Waals surface area (Å²) >= 11 is 6.09. The Hall–Kier alpha value is -2.37. The fraction of sp³-hybridized carbons (Fsp3) is 0.333. The standard InChI is InChI=1S/C21H23ClN4O/c1-13(26-14(2)24-19-11-17(22)7-8-20(19)26)15-3-5-16(6-4-15)21(27)25-10-9-18(23)12-25/h3-8,11,13,18H,9-10,12,23H2,1-2H3/t13-,18+/m1/s1. The Balaban J connectivity index is 1.61. The molecule has 0 aliphatic carbocycles. The van der Waals surface area contributed by atoms with Crippen LogP contribution in [-0.2, 0) is 0 Å². The minimum Gasteiger partial charge on any atom is -0.337 e. The highest BCUT2D eigenvalue weighted by Crippen LogP contribution is 2.28. The Morgan fingerprint density at radius 1 is 1.26 bits per heavy atom. The third-order valence-corrected chi connectivity index (χ3v) is 5.60. The predicted octanol–water partition coefficient (Wildman–Crippen LogP) is 3.78. The van der Waals surface area contributed by atoms with Crippen LogP contribution in [-0.4, -0.2) is 39.5 Å². The monoisotopic (exact) mass is 382 g/mol. The summed E-state index contributed by atoms with van der Waals surface area (Å²) in [4.78, 5) is 19.1. The van der Waals surface area contributed by atoms with Crippen molar-refractivity contribution in [2.45, 2.75) is 32.4 Å². The highest BCUT2D eigenvalue weighted by Gasteiger charge is 2.24. The summed E-state index contributed by atoms with van der Waals surface area (Å²) in [6.07, 6.45) is 0.873. The number of halogens is 1. The molecular weight excluding hydrogens is 360 g/mol. The van der Waals surface area contributed by atoms with E-state index in [2.05, 4.69) is 16.5 Å². The first-order valence-corrected chi connectivity index (χ1v) is 9.61. The summed E-state index contributed by atoms with van der Waals surface area (Å²) in [6.45, 7) is 5.51. The van der Waals surface area contributed by atoms with Gasteiger partial charge in [-0.25, -0.2) is 4.98 Å². The largest absolute Gasteiger partial charge is 0.337 e. The molecule has 1 amide bonds. The molecule has 140 valence electrons. The molecule has 2 N–H and O–H groups in total. The smallest absolute Gasteiger partial charge is 0.253 e. The maximum Gasteiger partial charge on any atom is 0.253 e.